The summed E-state index contributed by atoms with van der Waals surface area (Å²) in [5, 5.41) is 0. The second-order valence-corrected chi connectivity index (χ2v) is 6.46. The van der Waals surface area contributed by atoms with E-state index in [-0.39, 0.29) is 0 Å². The molecule has 0 fully saturated rings. The van der Waals surface area contributed by atoms with Gasteiger partial charge in [-0.1, -0.05) is 51.7 Å². The first kappa shape index (κ1) is 15.6. The maximum atomic E-state index is 2.46. The number of hydrogen-bond acceptors (Lipinski definition) is 0. The minimum atomic E-state index is 1.31. The van der Waals surface area contributed by atoms with Crippen molar-refractivity contribution in [3.8, 4) is 0 Å². The second-order valence-electron chi connectivity index (χ2n) is 6.46. The number of rotatable bonds is 8. The van der Waals surface area contributed by atoms with Gasteiger partial charge in [0.25, 0.3) is 0 Å². The molecule has 0 aliphatic heterocycles. The summed E-state index contributed by atoms with van der Waals surface area (Å²) >= 11 is 0. The van der Waals surface area contributed by atoms with Gasteiger partial charge in [0.2, 0.25) is 0 Å². The Hall–Kier alpha value is -0.780. The Morgan fingerprint density at radius 3 is 1.55 bits per heavy atom. The van der Waals surface area contributed by atoms with Gasteiger partial charge in [0, 0.05) is 0 Å². The van der Waals surface area contributed by atoms with Crippen LogP contribution in [0.15, 0.2) is 12.1 Å². The third-order valence-electron chi connectivity index (χ3n) is 4.83. The zero-order valence-electron chi connectivity index (χ0n) is 13.6. The van der Waals surface area contributed by atoms with Gasteiger partial charge in [-0.25, -0.2) is 0 Å². The predicted molar refractivity (Wildman–Crippen MR) is 89.5 cm³/mol. The van der Waals surface area contributed by atoms with E-state index in [4.69, 9.17) is 0 Å². The van der Waals surface area contributed by atoms with Gasteiger partial charge in [0.1, 0.15) is 0 Å². The molecule has 0 amide bonds. The molecular weight excluding hydrogens is 240 g/mol. The quantitative estimate of drug-likeness (QED) is 0.507. The van der Waals surface area contributed by atoms with E-state index in [1.165, 1.54) is 77.0 Å². The van der Waals surface area contributed by atoms with Crippen molar-refractivity contribution in [2.45, 2.75) is 90.9 Å². The van der Waals surface area contributed by atoms with Gasteiger partial charge in [-0.05, 0) is 73.6 Å². The van der Waals surface area contributed by atoms with Crippen LogP contribution >= 0.6 is 0 Å². The first-order valence-electron chi connectivity index (χ1n) is 8.99. The zero-order valence-corrected chi connectivity index (χ0v) is 13.6. The molecule has 0 aromatic heterocycles. The molecule has 0 spiro atoms. The lowest BCUT2D eigenvalue weighted by molar-refractivity contribution is 0.650. The van der Waals surface area contributed by atoms with E-state index in [1.54, 1.807) is 22.3 Å². The van der Waals surface area contributed by atoms with Crippen molar-refractivity contribution in [3.05, 3.63) is 34.4 Å². The summed E-state index contributed by atoms with van der Waals surface area (Å²) in [7, 11) is 0. The monoisotopic (exact) mass is 272 g/mol. The molecule has 0 radical (unpaired) electrons. The maximum absolute atomic E-state index is 2.46. The standard InChI is InChI=1S/C20H32/c1-3-5-7-11-17-15-16-18(12-8-6-4-2)20-14-10-9-13-19(17)20/h15-16H,3-14H2,1-2H3. The van der Waals surface area contributed by atoms with Crippen molar-refractivity contribution >= 4 is 0 Å². The van der Waals surface area contributed by atoms with Crippen LogP contribution in [0, 0.1) is 0 Å². The van der Waals surface area contributed by atoms with Crippen molar-refractivity contribution < 1.29 is 0 Å². The van der Waals surface area contributed by atoms with Gasteiger partial charge < -0.3 is 0 Å². The first-order chi connectivity index (χ1) is 9.86. The van der Waals surface area contributed by atoms with Crippen molar-refractivity contribution in [2.75, 3.05) is 0 Å². The minimum absolute atomic E-state index is 1.31. The number of fused-ring (bicyclic) bond motifs is 1. The Labute approximate surface area is 126 Å². The summed E-state index contributed by atoms with van der Waals surface area (Å²) in [4.78, 5) is 0. The molecule has 20 heavy (non-hydrogen) atoms. The number of benzene rings is 1. The SMILES string of the molecule is CCCCCc1ccc(CCCCC)c2c1CCCC2. The smallest absolute Gasteiger partial charge is 0.0273 e. The number of aryl methyl sites for hydroxylation is 2. The maximum Gasteiger partial charge on any atom is -0.0273 e. The van der Waals surface area contributed by atoms with Crippen molar-refractivity contribution in [3.63, 3.8) is 0 Å². The van der Waals surface area contributed by atoms with Gasteiger partial charge in [-0.2, -0.15) is 0 Å². The highest BCUT2D eigenvalue weighted by Gasteiger charge is 2.16. The van der Waals surface area contributed by atoms with E-state index in [0.717, 1.165) is 0 Å². The molecule has 0 saturated heterocycles. The highest BCUT2D eigenvalue weighted by Crippen LogP contribution is 2.29. The third-order valence-corrected chi connectivity index (χ3v) is 4.83. The molecular formula is C20H32. The largest absolute Gasteiger partial charge is 0.0654 e. The molecule has 1 aliphatic rings. The van der Waals surface area contributed by atoms with Crippen molar-refractivity contribution in [1.29, 1.82) is 0 Å². The molecule has 0 unspecified atom stereocenters. The number of unbranched alkanes of at least 4 members (excludes halogenated alkanes) is 4. The molecule has 0 atom stereocenters. The lowest BCUT2D eigenvalue weighted by Crippen LogP contribution is -2.10. The molecule has 112 valence electrons. The lowest BCUT2D eigenvalue weighted by Gasteiger charge is -2.23. The molecule has 0 heteroatoms. The van der Waals surface area contributed by atoms with Gasteiger partial charge in [-0.3, -0.25) is 0 Å². The fourth-order valence-corrected chi connectivity index (χ4v) is 3.62. The Balaban J connectivity index is 2.11. The van der Waals surface area contributed by atoms with E-state index in [2.05, 4.69) is 26.0 Å². The molecule has 0 nitrogen and oxygen atoms in total. The molecule has 0 N–H and O–H groups in total. The van der Waals surface area contributed by atoms with Crippen LogP contribution in [0.25, 0.3) is 0 Å². The van der Waals surface area contributed by atoms with E-state index >= 15 is 0 Å². The molecule has 0 bridgehead atoms. The lowest BCUT2D eigenvalue weighted by atomic mass is 9.82. The minimum Gasteiger partial charge on any atom is -0.0654 e. The van der Waals surface area contributed by atoms with Crippen molar-refractivity contribution in [1.82, 2.24) is 0 Å². The highest BCUT2D eigenvalue weighted by atomic mass is 14.2. The summed E-state index contributed by atoms with van der Waals surface area (Å²) in [6.07, 6.45) is 16.3. The predicted octanol–water partition coefficient (Wildman–Crippen LogP) is 6.03. The van der Waals surface area contributed by atoms with E-state index in [1.807, 2.05) is 0 Å². The first-order valence-corrected chi connectivity index (χ1v) is 8.99. The van der Waals surface area contributed by atoms with Crippen LogP contribution in [0.4, 0.5) is 0 Å². The van der Waals surface area contributed by atoms with Crippen LogP contribution in [-0.4, -0.2) is 0 Å². The van der Waals surface area contributed by atoms with Crippen LogP contribution in [-0.2, 0) is 25.7 Å². The average Bonchev–Trinajstić information content (AvgIpc) is 2.49. The molecule has 2 rings (SSSR count). The van der Waals surface area contributed by atoms with Gasteiger partial charge in [0.15, 0.2) is 0 Å². The van der Waals surface area contributed by atoms with Crippen LogP contribution in [0.2, 0.25) is 0 Å². The van der Waals surface area contributed by atoms with Gasteiger partial charge in [0.05, 0.1) is 0 Å². The Morgan fingerprint density at radius 1 is 0.700 bits per heavy atom. The summed E-state index contributed by atoms with van der Waals surface area (Å²) in [6, 6.07) is 4.92. The summed E-state index contributed by atoms with van der Waals surface area (Å²) in [5.41, 5.74) is 6.85. The normalized spacial score (nSPS) is 14.3. The molecule has 0 heterocycles. The van der Waals surface area contributed by atoms with Gasteiger partial charge in [-0.15, -0.1) is 0 Å². The van der Waals surface area contributed by atoms with Crippen molar-refractivity contribution in [2.24, 2.45) is 0 Å². The topological polar surface area (TPSA) is 0 Å². The van der Waals surface area contributed by atoms with E-state index in [9.17, 15) is 0 Å². The third kappa shape index (κ3) is 4.11. The average molecular weight is 272 g/mol. The van der Waals surface area contributed by atoms with Gasteiger partial charge >= 0.3 is 0 Å². The molecule has 0 saturated carbocycles. The van der Waals surface area contributed by atoms with Crippen LogP contribution in [0.5, 0.6) is 0 Å². The fraction of sp³-hybridized carbons (Fsp3) is 0.700. The van der Waals surface area contributed by atoms with E-state index in [0.29, 0.717) is 0 Å². The Morgan fingerprint density at radius 2 is 1.15 bits per heavy atom. The van der Waals surface area contributed by atoms with Crippen LogP contribution in [0.1, 0.15) is 87.5 Å². The molecule has 1 aromatic rings. The highest BCUT2D eigenvalue weighted by molar-refractivity contribution is 5.43. The fourth-order valence-electron chi connectivity index (χ4n) is 3.62. The van der Waals surface area contributed by atoms with Crippen LogP contribution in [0.3, 0.4) is 0 Å². The summed E-state index contributed by atoms with van der Waals surface area (Å²) in [6.45, 7) is 4.60. The second kappa shape index (κ2) is 8.49. The molecule has 1 aromatic carbocycles. The molecule has 1 aliphatic carbocycles. The zero-order chi connectivity index (χ0) is 14.2. The summed E-state index contributed by atoms with van der Waals surface area (Å²) < 4.78 is 0. The summed E-state index contributed by atoms with van der Waals surface area (Å²) in [5.74, 6) is 0. The van der Waals surface area contributed by atoms with Crippen LogP contribution < -0.4 is 0 Å². The number of hydrogen-bond donors (Lipinski definition) is 0. The Kier molecular flexibility index (Phi) is 6.63. The van der Waals surface area contributed by atoms with E-state index < -0.39 is 0 Å². The Bertz CT molecular complexity index is 364.